The molecule has 48 heavy (non-hydrogen) atoms. The largest absolute Gasteiger partial charge is 0.494 e. The number of amides is 4. The van der Waals surface area contributed by atoms with Crippen molar-refractivity contribution in [1.82, 2.24) is 24.3 Å². The highest BCUT2D eigenvalue weighted by atomic mass is 16.3. The molecule has 3 aliphatic heterocycles. The molecule has 238 valence electrons. The summed E-state index contributed by atoms with van der Waals surface area (Å²) < 4.78 is 1.71. The third-order valence-electron chi connectivity index (χ3n) is 8.35. The lowest BCUT2D eigenvalue weighted by molar-refractivity contribution is -0.134. The summed E-state index contributed by atoms with van der Waals surface area (Å²) in [7, 11) is 5.04. The molecule has 0 spiro atoms. The Bertz CT molecular complexity index is 2340. The van der Waals surface area contributed by atoms with Gasteiger partial charge in [-0.05, 0) is 36.4 Å². The first-order chi connectivity index (χ1) is 23.0. The summed E-state index contributed by atoms with van der Waals surface area (Å²) in [6.07, 6.45) is 0. The van der Waals surface area contributed by atoms with Gasteiger partial charge in [0.2, 0.25) is 5.88 Å². The maximum absolute atomic E-state index is 13.6. The number of hydrogen-bond donors (Lipinski definition) is 2. The van der Waals surface area contributed by atoms with Crippen LogP contribution in [0.25, 0.3) is 5.70 Å². The molecule has 0 unspecified atom stereocenters. The lowest BCUT2D eigenvalue weighted by Gasteiger charge is -2.29. The highest BCUT2D eigenvalue weighted by molar-refractivity contribution is 6.35. The van der Waals surface area contributed by atoms with E-state index in [9.17, 15) is 29.1 Å². The zero-order valence-corrected chi connectivity index (χ0v) is 26.0. The van der Waals surface area contributed by atoms with Crippen LogP contribution in [0.4, 0.5) is 16.2 Å². The second kappa shape index (κ2) is 11.0. The van der Waals surface area contributed by atoms with Crippen LogP contribution in [0.5, 0.6) is 5.88 Å². The first-order valence-corrected chi connectivity index (χ1v) is 14.6. The standard InChI is InChI=1S/C34H26N8O6/c1-39-29(43)23(30(44)40(2)33(39)47)25-19-15-21-22(16-20(19)26(37-25)24-31(45)41(3)34(48)42(4)32(24)46)28(36-18-13-9-6-10-14-18)38-27(21)35-17-11-7-5-8-12-17/h5-16,43H,1-4H3,(H,35,36,38). The van der Waals surface area contributed by atoms with Gasteiger partial charge in [0.15, 0.2) is 0 Å². The van der Waals surface area contributed by atoms with Gasteiger partial charge in [-0.15, -0.1) is 0 Å². The van der Waals surface area contributed by atoms with Gasteiger partial charge in [-0.1, -0.05) is 36.4 Å². The van der Waals surface area contributed by atoms with Gasteiger partial charge in [0.25, 0.3) is 17.4 Å². The van der Waals surface area contributed by atoms with Crippen LogP contribution in [-0.2, 0) is 23.7 Å². The van der Waals surface area contributed by atoms with Gasteiger partial charge in [0.05, 0.1) is 22.8 Å². The lowest BCUT2D eigenvalue weighted by Crippen LogP contribution is -2.53. The van der Waals surface area contributed by atoms with Crippen molar-refractivity contribution in [3.63, 3.8) is 0 Å². The van der Waals surface area contributed by atoms with Gasteiger partial charge < -0.3 is 10.4 Å². The average molecular weight is 643 g/mol. The number of aliphatic imine (C=N–C) groups is 3. The third kappa shape index (κ3) is 4.49. The maximum Gasteiger partial charge on any atom is 0.333 e. The molecule has 4 amide bonds. The van der Waals surface area contributed by atoms with Crippen molar-refractivity contribution < 1.29 is 19.5 Å². The Morgan fingerprint density at radius 2 is 1.17 bits per heavy atom. The van der Waals surface area contributed by atoms with Crippen molar-refractivity contribution in [1.29, 1.82) is 0 Å². The van der Waals surface area contributed by atoms with Gasteiger partial charge in [0, 0.05) is 50.4 Å². The third-order valence-corrected chi connectivity index (χ3v) is 8.35. The summed E-state index contributed by atoms with van der Waals surface area (Å²) in [4.78, 5) is 81.7. The second-order valence-electron chi connectivity index (χ2n) is 11.3. The zero-order valence-electron chi connectivity index (χ0n) is 26.0. The topological polar surface area (TPSA) is 171 Å². The Balaban J connectivity index is 1.57. The summed E-state index contributed by atoms with van der Waals surface area (Å²) in [5.41, 5.74) is 0.360. The number of hydrogen-bond acceptors (Lipinski definition) is 9. The van der Waals surface area contributed by atoms with E-state index >= 15 is 0 Å². The number of carbonyl (C=O) groups is 3. The molecule has 4 aromatic rings. The molecule has 7 rings (SSSR count). The van der Waals surface area contributed by atoms with Crippen molar-refractivity contribution >= 4 is 52.3 Å². The summed E-state index contributed by atoms with van der Waals surface area (Å²) >= 11 is 0. The van der Waals surface area contributed by atoms with Gasteiger partial charge >= 0.3 is 11.7 Å². The van der Waals surface area contributed by atoms with Crippen molar-refractivity contribution in [2.24, 2.45) is 29.1 Å². The van der Waals surface area contributed by atoms with Crippen molar-refractivity contribution in [2.75, 3.05) is 14.1 Å². The summed E-state index contributed by atoms with van der Waals surface area (Å²) in [6.45, 7) is 0. The first kappa shape index (κ1) is 30.0. The fourth-order valence-corrected chi connectivity index (χ4v) is 5.75. The molecule has 1 aromatic heterocycles. The van der Waals surface area contributed by atoms with Gasteiger partial charge in [-0.2, -0.15) is 0 Å². The number of aromatic nitrogens is 2. The highest BCUT2D eigenvalue weighted by Crippen LogP contribution is 2.39. The molecule has 3 aromatic carbocycles. The van der Waals surface area contributed by atoms with E-state index in [-0.39, 0.29) is 28.1 Å². The minimum absolute atomic E-state index is 0.0840. The molecule has 2 N–H and O–H groups in total. The number of amidine groups is 2. The molecule has 1 saturated heterocycles. The minimum atomic E-state index is -0.894. The first-order valence-electron chi connectivity index (χ1n) is 14.6. The quantitative estimate of drug-likeness (QED) is 0.255. The number of benzene rings is 3. The van der Waals surface area contributed by atoms with Crippen LogP contribution in [0.15, 0.2) is 103 Å². The van der Waals surface area contributed by atoms with Gasteiger partial charge in [0.1, 0.15) is 22.8 Å². The highest BCUT2D eigenvalue weighted by Gasteiger charge is 2.43. The second-order valence-corrected chi connectivity index (χ2v) is 11.3. The van der Waals surface area contributed by atoms with Gasteiger partial charge in [-0.3, -0.25) is 33.3 Å². The normalized spacial score (nSPS) is 17.3. The number of aromatic hydroxyl groups is 1. The summed E-state index contributed by atoms with van der Waals surface area (Å²) in [5.74, 6) is -1.61. The molecule has 0 atom stereocenters. The molecule has 1 fully saturated rings. The van der Waals surface area contributed by atoms with Gasteiger partial charge in [-0.25, -0.2) is 24.6 Å². The number of imide groups is 2. The zero-order chi connectivity index (χ0) is 34.0. The Morgan fingerprint density at radius 1 is 0.667 bits per heavy atom. The fraction of sp³-hybridized carbons (Fsp3) is 0.118. The molecule has 14 nitrogen and oxygen atoms in total. The number of nitrogens with zero attached hydrogens (tertiary/aromatic N) is 7. The van der Waals surface area contributed by atoms with Crippen molar-refractivity contribution in [2.45, 2.75) is 0 Å². The predicted octanol–water partition coefficient (Wildman–Crippen LogP) is 2.16. The molecule has 14 heteroatoms. The Kier molecular flexibility index (Phi) is 6.86. The van der Waals surface area contributed by atoms with Crippen LogP contribution in [0, 0.1) is 0 Å². The van der Waals surface area contributed by atoms with Crippen LogP contribution < -0.4 is 16.6 Å². The van der Waals surface area contributed by atoms with E-state index in [4.69, 9.17) is 9.98 Å². The SMILES string of the molecule is CN1C(=O)C(=C2N=C(c3c(O)n(C)c(=O)n(C)c3=O)c3cc4c(cc32)C(=Nc2ccccc2)NC4=Nc2ccccc2)C(=O)N(C)C1=O. The van der Waals surface area contributed by atoms with E-state index in [0.717, 1.165) is 18.9 Å². The Hall–Kier alpha value is -6.70. The summed E-state index contributed by atoms with van der Waals surface area (Å²) in [5, 5.41) is 14.4. The molecule has 0 radical (unpaired) electrons. The van der Waals surface area contributed by atoms with Crippen molar-refractivity contribution in [3.05, 3.63) is 127 Å². The smallest absolute Gasteiger partial charge is 0.333 e. The molecule has 0 saturated carbocycles. The molecular formula is C34H26N8O6. The predicted molar refractivity (Wildman–Crippen MR) is 177 cm³/mol. The number of urea groups is 1. The van der Waals surface area contributed by atoms with E-state index in [1.54, 1.807) is 12.1 Å². The number of para-hydroxylation sites is 2. The van der Waals surface area contributed by atoms with E-state index in [0.29, 0.717) is 34.2 Å². The molecule has 3 aliphatic rings. The molecule has 4 heterocycles. The maximum atomic E-state index is 13.6. The van der Waals surface area contributed by atoms with E-state index < -0.39 is 40.5 Å². The van der Waals surface area contributed by atoms with E-state index in [2.05, 4.69) is 10.3 Å². The number of likely N-dealkylation sites (N-methyl/N-ethyl adjacent to an activating group) is 2. The number of fused-ring (bicyclic) bond motifs is 2. The van der Waals surface area contributed by atoms with Crippen LogP contribution in [0.3, 0.4) is 0 Å². The number of barbiturate groups is 1. The molecular weight excluding hydrogens is 616 g/mol. The van der Waals surface area contributed by atoms with Crippen LogP contribution in [-0.4, -0.2) is 73.4 Å². The lowest BCUT2D eigenvalue weighted by atomic mass is 9.93. The summed E-state index contributed by atoms with van der Waals surface area (Å²) in [6, 6.07) is 20.9. The number of carbonyl (C=O) groups excluding carboxylic acids is 3. The molecule has 0 aliphatic carbocycles. The van der Waals surface area contributed by atoms with Crippen LogP contribution in [0.2, 0.25) is 0 Å². The van der Waals surface area contributed by atoms with Crippen molar-refractivity contribution in [3.8, 4) is 5.88 Å². The Labute approximate surface area is 271 Å². The molecule has 0 bridgehead atoms. The minimum Gasteiger partial charge on any atom is -0.494 e. The van der Waals surface area contributed by atoms with E-state index in [1.807, 2.05) is 60.7 Å². The number of nitrogens with one attached hydrogen (secondary N) is 1. The monoisotopic (exact) mass is 642 g/mol. The fourth-order valence-electron chi connectivity index (χ4n) is 5.75. The Morgan fingerprint density at radius 3 is 1.69 bits per heavy atom. The van der Waals surface area contributed by atoms with Crippen LogP contribution >= 0.6 is 0 Å². The van der Waals surface area contributed by atoms with E-state index in [1.165, 1.54) is 28.2 Å². The number of rotatable bonds is 3. The van der Waals surface area contributed by atoms with Crippen LogP contribution in [0.1, 0.15) is 27.8 Å². The average Bonchev–Trinajstić information content (AvgIpc) is 3.61.